The Bertz CT molecular complexity index is 500. The van der Waals surface area contributed by atoms with E-state index < -0.39 is 5.60 Å². The molecule has 1 aromatic carbocycles. The summed E-state index contributed by atoms with van der Waals surface area (Å²) in [4.78, 5) is 25.7. The molecule has 5 nitrogen and oxygen atoms in total. The number of nitrogens with zero attached hydrogens (tertiary/aromatic N) is 1. The molecule has 114 valence electrons. The summed E-state index contributed by atoms with van der Waals surface area (Å²) in [5.74, 6) is -0.345. The van der Waals surface area contributed by atoms with Crippen LogP contribution in [-0.2, 0) is 4.79 Å². The van der Waals surface area contributed by atoms with Crippen LogP contribution in [0.4, 0.5) is 0 Å². The summed E-state index contributed by atoms with van der Waals surface area (Å²) in [7, 11) is 0. The lowest BCUT2D eigenvalue weighted by molar-refractivity contribution is -0.130. The van der Waals surface area contributed by atoms with E-state index in [9.17, 15) is 14.7 Å². The van der Waals surface area contributed by atoms with Gasteiger partial charge < -0.3 is 15.3 Å². The third kappa shape index (κ3) is 4.56. The first-order chi connectivity index (χ1) is 9.98. The van der Waals surface area contributed by atoms with Gasteiger partial charge in [-0.3, -0.25) is 9.59 Å². The molecule has 2 rings (SSSR count). The highest BCUT2D eigenvalue weighted by molar-refractivity contribution is 5.96. The van der Waals surface area contributed by atoms with Gasteiger partial charge in [-0.1, -0.05) is 18.2 Å². The predicted octanol–water partition coefficient (Wildman–Crippen LogP) is 1.18. The molecule has 1 aliphatic rings. The van der Waals surface area contributed by atoms with Crippen LogP contribution in [-0.4, -0.2) is 47.1 Å². The normalized spacial score (nSPS) is 22.5. The number of aliphatic hydroxyl groups is 1. The van der Waals surface area contributed by atoms with E-state index in [1.54, 1.807) is 36.1 Å². The summed E-state index contributed by atoms with van der Waals surface area (Å²) in [6, 6.07) is 8.83. The molecule has 1 unspecified atom stereocenters. The van der Waals surface area contributed by atoms with E-state index in [2.05, 4.69) is 5.32 Å². The Kier molecular flexibility index (Phi) is 4.96. The molecule has 1 atom stereocenters. The molecule has 1 saturated heterocycles. The highest BCUT2D eigenvalue weighted by Crippen LogP contribution is 2.21. The summed E-state index contributed by atoms with van der Waals surface area (Å²) < 4.78 is 0. The van der Waals surface area contributed by atoms with Crippen LogP contribution in [0.25, 0.3) is 0 Å². The van der Waals surface area contributed by atoms with Gasteiger partial charge in [-0.2, -0.15) is 0 Å². The Hall–Kier alpha value is -1.88. The number of hydrogen-bond donors (Lipinski definition) is 2. The van der Waals surface area contributed by atoms with Gasteiger partial charge in [0, 0.05) is 18.7 Å². The quantitative estimate of drug-likeness (QED) is 0.878. The second-order valence-electron chi connectivity index (χ2n) is 5.78. The van der Waals surface area contributed by atoms with E-state index in [1.165, 1.54) is 0 Å². The van der Waals surface area contributed by atoms with Crippen LogP contribution in [0.2, 0.25) is 0 Å². The minimum absolute atomic E-state index is 0.00410. The number of benzene rings is 1. The second kappa shape index (κ2) is 6.72. The van der Waals surface area contributed by atoms with Crippen LogP contribution in [0.3, 0.4) is 0 Å². The van der Waals surface area contributed by atoms with E-state index in [0.29, 0.717) is 31.5 Å². The maximum Gasteiger partial charge on any atom is 0.251 e. The van der Waals surface area contributed by atoms with E-state index in [0.717, 1.165) is 6.42 Å². The highest BCUT2D eigenvalue weighted by Gasteiger charge is 2.26. The number of carbonyl (C=O) groups excluding carboxylic acids is 2. The topological polar surface area (TPSA) is 69.6 Å². The Morgan fingerprint density at radius 1 is 1.24 bits per heavy atom. The van der Waals surface area contributed by atoms with Crippen molar-refractivity contribution in [2.75, 3.05) is 19.6 Å². The molecular formula is C16H22N2O3. The summed E-state index contributed by atoms with van der Waals surface area (Å²) in [6.07, 6.45) is 2.06. The molecular weight excluding hydrogens is 268 g/mol. The second-order valence-corrected chi connectivity index (χ2v) is 5.78. The molecule has 1 heterocycles. The molecule has 2 amide bonds. The Morgan fingerprint density at radius 3 is 2.67 bits per heavy atom. The molecule has 2 N–H and O–H groups in total. The predicted molar refractivity (Wildman–Crippen MR) is 79.8 cm³/mol. The van der Waals surface area contributed by atoms with E-state index in [4.69, 9.17) is 0 Å². The summed E-state index contributed by atoms with van der Waals surface area (Å²) in [5, 5.41) is 12.7. The van der Waals surface area contributed by atoms with Crippen LogP contribution >= 0.6 is 0 Å². The SMILES string of the molecule is CC1(O)CCCN(C(=O)CNC(=O)c2ccccc2)CC1. The Labute approximate surface area is 125 Å². The first-order valence-electron chi connectivity index (χ1n) is 7.31. The average Bonchev–Trinajstić information content (AvgIpc) is 2.66. The summed E-state index contributed by atoms with van der Waals surface area (Å²) >= 11 is 0. The average molecular weight is 290 g/mol. The van der Waals surface area contributed by atoms with Crippen LogP contribution in [0.15, 0.2) is 30.3 Å². The van der Waals surface area contributed by atoms with Crippen molar-refractivity contribution in [2.45, 2.75) is 31.8 Å². The molecule has 5 heteroatoms. The number of nitrogens with one attached hydrogen (secondary N) is 1. The molecule has 0 bridgehead atoms. The van der Waals surface area contributed by atoms with Crippen molar-refractivity contribution in [3.63, 3.8) is 0 Å². The molecule has 0 spiro atoms. The van der Waals surface area contributed by atoms with Crippen molar-refractivity contribution in [1.82, 2.24) is 10.2 Å². The van der Waals surface area contributed by atoms with Crippen molar-refractivity contribution in [3.05, 3.63) is 35.9 Å². The van der Waals surface area contributed by atoms with E-state index in [1.807, 2.05) is 6.07 Å². The van der Waals surface area contributed by atoms with Gasteiger partial charge in [0.25, 0.3) is 5.91 Å². The standard InChI is InChI=1S/C16H22N2O3/c1-16(21)8-5-10-18(11-9-16)14(19)12-17-15(20)13-6-3-2-4-7-13/h2-4,6-7,21H,5,8-12H2,1H3,(H,17,20). The third-order valence-corrected chi connectivity index (χ3v) is 3.85. The van der Waals surface area contributed by atoms with Gasteiger partial charge >= 0.3 is 0 Å². The zero-order chi connectivity index (χ0) is 15.3. The van der Waals surface area contributed by atoms with Crippen LogP contribution in [0, 0.1) is 0 Å². The summed E-state index contributed by atoms with van der Waals surface area (Å²) in [5.41, 5.74) is -0.147. The first-order valence-corrected chi connectivity index (χ1v) is 7.31. The maximum absolute atomic E-state index is 12.1. The fourth-order valence-corrected chi connectivity index (χ4v) is 2.47. The van der Waals surface area contributed by atoms with Gasteiger partial charge in [-0.25, -0.2) is 0 Å². The lowest BCUT2D eigenvalue weighted by Crippen LogP contribution is -2.41. The third-order valence-electron chi connectivity index (χ3n) is 3.85. The zero-order valence-electron chi connectivity index (χ0n) is 12.3. The fraction of sp³-hybridized carbons (Fsp3) is 0.500. The van der Waals surface area contributed by atoms with E-state index in [-0.39, 0.29) is 18.4 Å². The van der Waals surface area contributed by atoms with Gasteiger partial charge in [0.1, 0.15) is 0 Å². The molecule has 0 radical (unpaired) electrons. The Morgan fingerprint density at radius 2 is 1.95 bits per heavy atom. The van der Waals surface area contributed by atoms with Gasteiger partial charge in [0.15, 0.2) is 0 Å². The van der Waals surface area contributed by atoms with Crippen molar-refractivity contribution < 1.29 is 14.7 Å². The van der Waals surface area contributed by atoms with Crippen LogP contribution in [0.5, 0.6) is 0 Å². The molecule has 21 heavy (non-hydrogen) atoms. The smallest absolute Gasteiger partial charge is 0.251 e. The minimum Gasteiger partial charge on any atom is -0.390 e. The number of hydrogen-bond acceptors (Lipinski definition) is 3. The van der Waals surface area contributed by atoms with Crippen molar-refractivity contribution in [3.8, 4) is 0 Å². The molecule has 0 saturated carbocycles. The van der Waals surface area contributed by atoms with Crippen molar-refractivity contribution in [1.29, 1.82) is 0 Å². The number of rotatable bonds is 3. The molecule has 0 aromatic heterocycles. The minimum atomic E-state index is -0.692. The molecule has 1 aromatic rings. The van der Waals surface area contributed by atoms with Gasteiger partial charge in [0.2, 0.25) is 5.91 Å². The molecule has 1 fully saturated rings. The number of carbonyl (C=O) groups is 2. The van der Waals surface area contributed by atoms with Gasteiger partial charge in [-0.05, 0) is 38.3 Å². The van der Waals surface area contributed by atoms with Crippen molar-refractivity contribution >= 4 is 11.8 Å². The lowest BCUT2D eigenvalue weighted by atomic mass is 9.98. The molecule has 0 aliphatic carbocycles. The monoisotopic (exact) mass is 290 g/mol. The van der Waals surface area contributed by atoms with E-state index >= 15 is 0 Å². The van der Waals surface area contributed by atoms with Gasteiger partial charge in [0.05, 0.1) is 12.1 Å². The Balaban J connectivity index is 1.83. The zero-order valence-corrected chi connectivity index (χ0v) is 12.3. The van der Waals surface area contributed by atoms with Crippen molar-refractivity contribution in [2.24, 2.45) is 0 Å². The lowest BCUT2D eigenvalue weighted by Gasteiger charge is -2.22. The largest absolute Gasteiger partial charge is 0.390 e. The maximum atomic E-state index is 12.1. The first kappa shape index (κ1) is 15.5. The fourth-order valence-electron chi connectivity index (χ4n) is 2.47. The highest BCUT2D eigenvalue weighted by atomic mass is 16.3. The summed E-state index contributed by atoms with van der Waals surface area (Å²) in [6.45, 7) is 2.97. The number of likely N-dealkylation sites (tertiary alicyclic amines) is 1. The van der Waals surface area contributed by atoms with Crippen LogP contribution < -0.4 is 5.32 Å². The van der Waals surface area contributed by atoms with Crippen LogP contribution in [0.1, 0.15) is 36.5 Å². The van der Waals surface area contributed by atoms with Gasteiger partial charge in [-0.15, -0.1) is 0 Å². The number of amides is 2. The molecule has 1 aliphatic heterocycles.